The van der Waals surface area contributed by atoms with Crippen LogP contribution in [-0.2, 0) is 6.61 Å². The number of hydrogen-bond donors (Lipinski definition) is 1. The van der Waals surface area contributed by atoms with Crippen molar-refractivity contribution in [2.75, 3.05) is 5.73 Å². The van der Waals surface area contributed by atoms with Gasteiger partial charge in [-0.25, -0.2) is 4.39 Å². The average molecular weight is 245 g/mol. The molecule has 0 spiro atoms. The first-order valence-electron chi connectivity index (χ1n) is 5.81. The minimum absolute atomic E-state index is 0.221. The molecule has 0 aliphatic heterocycles. The Morgan fingerprint density at radius 3 is 2.33 bits per heavy atom. The Morgan fingerprint density at radius 1 is 1.11 bits per heavy atom. The van der Waals surface area contributed by atoms with E-state index in [1.165, 1.54) is 6.07 Å². The van der Waals surface area contributed by atoms with E-state index in [4.69, 9.17) is 10.5 Å². The molecule has 0 radical (unpaired) electrons. The Hall–Kier alpha value is -2.03. The molecule has 0 saturated carbocycles. The number of benzene rings is 2. The first-order chi connectivity index (χ1) is 8.58. The van der Waals surface area contributed by atoms with E-state index in [1.807, 2.05) is 26.0 Å². The number of hydrogen-bond acceptors (Lipinski definition) is 2. The molecule has 0 amide bonds. The summed E-state index contributed by atoms with van der Waals surface area (Å²) in [6, 6.07) is 10.3. The zero-order valence-corrected chi connectivity index (χ0v) is 10.5. The highest BCUT2D eigenvalue weighted by atomic mass is 19.1. The lowest BCUT2D eigenvalue weighted by molar-refractivity contribution is 0.296. The summed E-state index contributed by atoms with van der Waals surface area (Å²) in [5.41, 5.74) is 8.93. The standard InChI is InChI=1S/C15H16FNO/c1-10-7-13(17)8-11(2)15(10)18-9-12-5-3-4-6-14(12)16/h3-8H,9,17H2,1-2H3. The molecule has 0 unspecified atom stereocenters. The molecule has 0 atom stereocenters. The quantitative estimate of drug-likeness (QED) is 0.838. The van der Waals surface area contributed by atoms with Gasteiger partial charge in [0.1, 0.15) is 18.2 Å². The van der Waals surface area contributed by atoms with Crippen LogP contribution in [0.15, 0.2) is 36.4 Å². The summed E-state index contributed by atoms with van der Waals surface area (Å²) in [6.45, 7) is 4.08. The highest BCUT2D eigenvalue weighted by molar-refractivity contribution is 5.52. The maximum atomic E-state index is 13.5. The smallest absolute Gasteiger partial charge is 0.129 e. The second-order valence-corrected chi connectivity index (χ2v) is 4.36. The average Bonchev–Trinajstić information content (AvgIpc) is 2.30. The summed E-state index contributed by atoms with van der Waals surface area (Å²) >= 11 is 0. The van der Waals surface area contributed by atoms with Crippen LogP contribution in [0.5, 0.6) is 5.75 Å². The van der Waals surface area contributed by atoms with Crippen molar-refractivity contribution in [3.63, 3.8) is 0 Å². The summed E-state index contributed by atoms with van der Waals surface area (Å²) in [5, 5.41) is 0. The van der Waals surface area contributed by atoms with E-state index < -0.39 is 0 Å². The highest BCUT2D eigenvalue weighted by Crippen LogP contribution is 2.26. The van der Waals surface area contributed by atoms with Crippen molar-refractivity contribution < 1.29 is 9.13 Å². The predicted octanol–water partition coefficient (Wildman–Crippen LogP) is 3.60. The van der Waals surface area contributed by atoms with Gasteiger partial charge in [0.2, 0.25) is 0 Å². The SMILES string of the molecule is Cc1cc(N)cc(C)c1OCc1ccccc1F. The third-order valence-electron chi connectivity index (χ3n) is 2.81. The van der Waals surface area contributed by atoms with Crippen LogP contribution < -0.4 is 10.5 Å². The molecule has 2 aromatic carbocycles. The summed E-state index contributed by atoms with van der Waals surface area (Å²) in [4.78, 5) is 0. The van der Waals surface area contributed by atoms with Gasteiger partial charge in [0, 0.05) is 11.3 Å². The summed E-state index contributed by atoms with van der Waals surface area (Å²) < 4.78 is 19.2. The summed E-state index contributed by atoms with van der Waals surface area (Å²) in [6.07, 6.45) is 0. The van der Waals surface area contributed by atoms with E-state index in [-0.39, 0.29) is 12.4 Å². The third-order valence-corrected chi connectivity index (χ3v) is 2.81. The number of anilines is 1. The molecule has 0 aliphatic rings. The second kappa shape index (κ2) is 5.08. The Morgan fingerprint density at radius 2 is 1.72 bits per heavy atom. The lowest BCUT2D eigenvalue weighted by Gasteiger charge is -2.13. The van der Waals surface area contributed by atoms with Gasteiger partial charge in [0.15, 0.2) is 0 Å². The number of nitrogens with two attached hydrogens (primary N) is 1. The van der Waals surface area contributed by atoms with Crippen LogP contribution in [0.1, 0.15) is 16.7 Å². The van der Waals surface area contributed by atoms with Crippen LogP contribution in [-0.4, -0.2) is 0 Å². The summed E-state index contributed by atoms with van der Waals surface area (Å²) in [7, 11) is 0. The molecule has 2 N–H and O–H groups in total. The van der Waals surface area contributed by atoms with Gasteiger partial charge in [-0.3, -0.25) is 0 Å². The van der Waals surface area contributed by atoms with Crippen molar-refractivity contribution in [1.82, 2.24) is 0 Å². The van der Waals surface area contributed by atoms with E-state index in [0.29, 0.717) is 11.3 Å². The number of aryl methyl sites for hydroxylation is 2. The molecular formula is C15H16FNO. The first-order valence-corrected chi connectivity index (χ1v) is 5.81. The predicted molar refractivity (Wildman–Crippen MR) is 71.1 cm³/mol. The van der Waals surface area contributed by atoms with Crippen LogP contribution in [0.25, 0.3) is 0 Å². The molecule has 2 nitrogen and oxygen atoms in total. The fourth-order valence-electron chi connectivity index (χ4n) is 1.98. The molecule has 2 rings (SSSR count). The van der Waals surface area contributed by atoms with Gasteiger partial charge in [0.25, 0.3) is 0 Å². The van der Waals surface area contributed by atoms with Crippen molar-refractivity contribution >= 4 is 5.69 Å². The zero-order chi connectivity index (χ0) is 13.1. The van der Waals surface area contributed by atoms with Crippen molar-refractivity contribution in [3.05, 3.63) is 58.9 Å². The van der Waals surface area contributed by atoms with Gasteiger partial charge in [-0.1, -0.05) is 18.2 Å². The molecular weight excluding hydrogens is 229 g/mol. The number of rotatable bonds is 3. The number of nitrogen functional groups attached to an aromatic ring is 1. The van der Waals surface area contributed by atoms with Crippen LogP contribution in [0.4, 0.5) is 10.1 Å². The molecule has 3 heteroatoms. The zero-order valence-electron chi connectivity index (χ0n) is 10.5. The molecule has 0 aromatic heterocycles. The molecule has 0 fully saturated rings. The second-order valence-electron chi connectivity index (χ2n) is 4.36. The topological polar surface area (TPSA) is 35.2 Å². The Labute approximate surface area is 106 Å². The van der Waals surface area contributed by atoms with Gasteiger partial charge >= 0.3 is 0 Å². The fraction of sp³-hybridized carbons (Fsp3) is 0.200. The lowest BCUT2D eigenvalue weighted by atomic mass is 10.1. The van der Waals surface area contributed by atoms with Crippen LogP contribution >= 0.6 is 0 Å². The molecule has 0 bridgehead atoms. The normalized spacial score (nSPS) is 10.4. The van der Waals surface area contributed by atoms with Gasteiger partial charge < -0.3 is 10.5 Å². The number of halogens is 1. The minimum atomic E-state index is -0.247. The van der Waals surface area contributed by atoms with E-state index in [1.54, 1.807) is 18.2 Å². The maximum absolute atomic E-state index is 13.5. The van der Waals surface area contributed by atoms with Crippen molar-refractivity contribution in [3.8, 4) is 5.75 Å². The van der Waals surface area contributed by atoms with Crippen LogP contribution in [0.3, 0.4) is 0 Å². The van der Waals surface area contributed by atoms with Crippen molar-refractivity contribution in [2.24, 2.45) is 0 Å². The third kappa shape index (κ3) is 2.62. The molecule has 0 saturated heterocycles. The monoisotopic (exact) mass is 245 g/mol. The molecule has 2 aromatic rings. The highest BCUT2D eigenvalue weighted by Gasteiger charge is 2.07. The number of ether oxygens (including phenoxy) is 1. The van der Waals surface area contributed by atoms with Gasteiger partial charge in [-0.15, -0.1) is 0 Å². The molecule has 18 heavy (non-hydrogen) atoms. The maximum Gasteiger partial charge on any atom is 0.129 e. The molecule has 94 valence electrons. The first kappa shape index (κ1) is 12.4. The van der Waals surface area contributed by atoms with Crippen LogP contribution in [0.2, 0.25) is 0 Å². The Bertz CT molecular complexity index is 543. The minimum Gasteiger partial charge on any atom is -0.488 e. The van der Waals surface area contributed by atoms with Gasteiger partial charge in [-0.05, 0) is 43.2 Å². The van der Waals surface area contributed by atoms with Crippen molar-refractivity contribution in [1.29, 1.82) is 0 Å². The Kier molecular flexibility index (Phi) is 3.51. The van der Waals surface area contributed by atoms with Gasteiger partial charge in [-0.2, -0.15) is 0 Å². The molecule has 0 heterocycles. The molecule has 0 aliphatic carbocycles. The Balaban J connectivity index is 2.19. The van der Waals surface area contributed by atoms with E-state index in [0.717, 1.165) is 16.9 Å². The fourth-order valence-corrected chi connectivity index (χ4v) is 1.98. The largest absolute Gasteiger partial charge is 0.488 e. The van der Waals surface area contributed by atoms with Gasteiger partial charge in [0.05, 0.1) is 0 Å². The van der Waals surface area contributed by atoms with E-state index in [2.05, 4.69) is 0 Å². The van der Waals surface area contributed by atoms with E-state index >= 15 is 0 Å². The lowest BCUT2D eigenvalue weighted by Crippen LogP contribution is -2.01. The van der Waals surface area contributed by atoms with Crippen LogP contribution in [0, 0.1) is 19.7 Å². The van der Waals surface area contributed by atoms with Crippen molar-refractivity contribution in [2.45, 2.75) is 20.5 Å². The van der Waals surface area contributed by atoms with E-state index in [9.17, 15) is 4.39 Å². The summed E-state index contributed by atoms with van der Waals surface area (Å²) in [5.74, 6) is 0.524.